The van der Waals surface area contributed by atoms with E-state index in [9.17, 15) is 19.8 Å². The fraction of sp³-hybridized carbons (Fsp3) is 0.412. The van der Waals surface area contributed by atoms with Gasteiger partial charge in [0.2, 0.25) is 0 Å². The number of rotatable bonds is 7. The Morgan fingerprint density at radius 3 is 2.44 bits per heavy atom. The van der Waals surface area contributed by atoms with Gasteiger partial charge in [0.05, 0.1) is 18.8 Å². The number of hydrogen-bond donors (Lipinski definition) is 2. The molecule has 1 heterocycles. The van der Waals surface area contributed by atoms with Crippen LogP contribution in [0.5, 0.6) is 11.5 Å². The molecule has 0 aliphatic heterocycles. The lowest BCUT2D eigenvalue weighted by atomic mass is 9.98. The average molecular weight is 352 g/mol. The zero-order chi connectivity index (χ0) is 18.7. The number of fused-ring (bicyclic) bond motifs is 1. The average Bonchev–Trinajstić information content (AvgIpc) is 2.55. The molecule has 8 nitrogen and oxygen atoms in total. The maximum absolute atomic E-state index is 12.2. The lowest BCUT2D eigenvalue weighted by molar-refractivity contribution is -0.150. The summed E-state index contributed by atoms with van der Waals surface area (Å²) in [5, 5.41) is 19.3. The second-order valence-corrected chi connectivity index (χ2v) is 5.46. The highest BCUT2D eigenvalue weighted by atomic mass is 16.5. The predicted octanol–water partition coefficient (Wildman–Crippen LogP) is 1.99. The molecule has 0 aliphatic rings. The first-order valence-electron chi connectivity index (χ1n) is 7.46. The van der Waals surface area contributed by atoms with E-state index in [0.717, 1.165) is 0 Å². The van der Waals surface area contributed by atoms with Crippen molar-refractivity contribution < 1.29 is 33.6 Å². The monoisotopic (exact) mass is 352 g/mol. The lowest BCUT2D eigenvalue weighted by Gasteiger charge is -2.22. The number of benzene rings is 1. The summed E-state index contributed by atoms with van der Waals surface area (Å²) in [4.78, 5) is 23.5. The summed E-state index contributed by atoms with van der Waals surface area (Å²) in [5.41, 5.74) is 0.00683. The molecule has 0 saturated carbocycles. The van der Waals surface area contributed by atoms with Crippen LogP contribution in [0.4, 0.5) is 0 Å². The molecule has 0 saturated heterocycles. The summed E-state index contributed by atoms with van der Waals surface area (Å²) < 4.78 is 21.3. The molecule has 8 heteroatoms. The summed E-state index contributed by atoms with van der Waals surface area (Å²) in [6, 6.07) is 2.54. The number of carbonyl (C=O) groups is 1. The minimum absolute atomic E-state index is 0.0206. The van der Waals surface area contributed by atoms with Gasteiger partial charge in [-0.2, -0.15) is 0 Å². The van der Waals surface area contributed by atoms with Crippen molar-refractivity contribution in [3.63, 3.8) is 0 Å². The number of aryl methyl sites for hydroxylation is 1. The van der Waals surface area contributed by atoms with Crippen molar-refractivity contribution in [2.45, 2.75) is 25.6 Å². The van der Waals surface area contributed by atoms with E-state index in [2.05, 4.69) is 0 Å². The lowest BCUT2D eigenvalue weighted by Crippen LogP contribution is -2.25. The Bertz CT molecular complexity index is 839. The van der Waals surface area contributed by atoms with Gasteiger partial charge in [0.1, 0.15) is 22.6 Å². The van der Waals surface area contributed by atoms with Crippen LogP contribution in [0, 0.1) is 6.92 Å². The number of aliphatic carboxylic acids is 1. The van der Waals surface area contributed by atoms with Gasteiger partial charge in [0, 0.05) is 32.8 Å². The first-order valence-corrected chi connectivity index (χ1v) is 7.46. The molecule has 25 heavy (non-hydrogen) atoms. The third-order valence-corrected chi connectivity index (χ3v) is 3.92. The molecule has 0 fully saturated rings. The van der Waals surface area contributed by atoms with E-state index in [1.807, 2.05) is 0 Å². The smallest absolute Gasteiger partial charge is 0.332 e. The Hall–Kier alpha value is -2.58. The molecule has 0 bridgehead atoms. The Morgan fingerprint density at radius 2 is 1.92 bits per heavy atom. The molecule has 1 aromatic heterocycles. The van der Waals surface area contributed by atoms with Crippen LogP contribution in [-0.2, 0) is 14.3 Å². The maximum Gasteiger partial charge on any atom is 0.332 e. The quantitative estimate of drug-likeness (QED) is 0.777. The summed E-state index contributed by atoms with van der Waals surface area (Å²) in [7, 11) is 4.06. The first-order chi connectivity index (χ1) is 11.8. The Morgan fingerprint density at radius 1 is 1.24 bits per heavy atom. The number of aromatic hydroxyl groups is 1. The highest BCUT2D eigenvalue weighted by Gasteiger charge is 2.29. The number of hydrogen-bond acceptors (Lipinski definition) is 7. The molecule has 2 N–H and O–H groups in total. The number of carboxylic acid groups (broad SMARTS) is 1. The third kappa shape index (κ3) is 3.59. The third-order valence-electron chi connectivity index (χ3n) is 3.92. The van der Waals surface area contributed by atoms with Crippen LogP contribution in [0.1, 0.15) is 23.8 Å². The van der Waals surface area contributed by atoms with E-state index in [0.29, 0.717) is 11.3 Å². The molecular weight excluding hydrogens is 332 g/mol. The van der Waals surface area contributed by atoms with Crippen molar-refractivity contribution in [2.24, 2.45) is 0 Å². The highest BCUT2D eigenvalue weighted by Crippen LogP contribution is 2.40. The first kappa shape index (κ1) is 18.8. The van der Waals surface area contributed by atoms with E-state index in [4.69, 9.17) is 18.6 Å². The number of phenols is 1. The van der Waals surface area contributed by atoms with Crippen molar-refractivity contribution in [3.05, 3.63) is 33.7 Å². The molecule has 2 aromatic rings. The SMILES string of the molecule is COc1cc(O)c2c(=O)cc(C)oc2c1[C@@H](C[C@@H](OC)C(=O)O)OC. The van der Waals surface area contributed by atoms with Crippen molar-refractivity contribution in [3.8, 4) is 11.5 Å². The van der Waals surface area contributed by atoms with Crippen LogP contribution >= 0.6 is 0 Å². The minimum atomic E-state index is -1.15. The molecule has 1 aromatic carbocycles. The standard InChI is InChI=1S/C17H20O8/c1-8-5-9(18)14-10(19)6-11(22-2)15(16(14)25-8)12(23-3)7-13(24-4)17(20)21/h5-6,12-13,19H,7H2,1-4H3,(H,20,21)/t12-,13-/m1/s1. The summed E-state index contributed by atoms with van der Waals surface area (Å²) >= 11 is 0. The predicted molar refractivity (Wildman–Crippen MR) is 88.2 cm³/mol. The van der Waals surface area contributed by atoms with Crippen molar-refractivity contribution in [1.82, 2.24) is 0 Å². The highest BCUT2D eigenvalue weighted by molar-refractivity contribution is 5.88. The fourth-order valence-corrected chi connectivity index (χ4v) is 2.73. The zero-order valence-corrected chi connectivity index (χ0v) is 14.4. The van der Waals surface area contributed by atoms with Crippen molar-refractivity contribution >= 4 is 16.9 Å². The normalized spacial score (nSPS) is 13.6. The van der Waals surface area contributed by atoms with Crippen LogP contribution in [0.2, 0.25) is 0 Å². The fourth-order valence-electron chi connectivity index (χ4n) is 2.73. The van der Waals surface area contributed by atoms with Gasteiger partial charge in [0.25, 0.3) is 0 Å². The molecule has 0 radical (unpaired) electrons. The molecule has 2 atom stereocenters. The molecule has 0 spiro atoms. The van der Waals surface area contributed by atoms with Crippen LogP contribution in [0.15, 0.2) is 21.3 Å². The van der Waals surface area contributed by atoms with Gasteiger partial charge in [-0.25, -0.2) is 4.79 Å². The van der Waals surface area contributed by atoms with Gasteiger partial charge < -0.3 is 28.8 Å². The Balaban J connectivity index is 2.74. The van der Waals surface area contributed by atoms with E-state index < -0.39 is 23.6 Å². The number of carboxylic acids is 1. The van der Waals surface area contributed by atoms with Crippen LogP contribution in [-0.4, -0.2) is 43.6 Å². The number of methoxy groups -OCH3 is 3. The van der Waals surface area contributed by atoms with E-state index >= 15 is 0 Å². The maximum atomic E-state index is 12.2. The van der Waals surface area contributed by atoms with Gasteiger partial charge in [-0.3, -0.25) is 4.79 Å². The van der Waals surface area contributed by atoms with Crippen molar-refractivity contribution in [2.75, 3.05) is 21.3 Å². The van der Waals surface area contributed by atoms with Crippen LogP contribution in [0.3, 0.4) is 0 Å². The Kier molecular flexibility index (Phi) is 5.66. The Labute approximate surface area is 143 Å². The van der Waals surface area contributed by atoms with Crippen LogP contribution in [0.25, 0.3) is 11.0 Å². The van der Waals surface area contributed by atoms with E-state index in [1.165, 1.54) is 33.5 Å². The summed E-state index contributed by atoms with van der Waals surface area (Å²) in [5.74, 6) is -0.890. The molecule has 2 rings (SSSR count). The minimum Gasteiger partial charge on any atom is -0.507 e. The number of ether oxygens (including phenoxy) is 3. The van der Waals surface area contributed by atoms with Gasteiger partial charge in [-0.15, -0.1) is 0 Å². The molecule has 0 aliphatic carbocycles. The zero-order valence-electron chi connectivity index (χ0n) is 14.4. The largest absolute Gasteiger partial charge is 0.507 e. The second kappa shape index (κ2) is 7.54. The van der Waals surface area contributed by atoms with Crippen LogP contribution < -0.4 is 10.2 Å². The van der Waals surface area contributed by atoms with E-state index in [1.54, 1.807) is 6.92 Å². The topological polar surface area (TPSA) is 115 Å². The van der Waals surface area contributed by atoms with Gasteiger partial charge in [-0.05, 0) is 6.92 Å². The molecular formula is C17H20O8. The van der Waals surface area contributed by atoms with Gasteiger partial charge in [0.15, 0.2) is 17.1 Å². The molecule has 0 amide bonds. The van der Waals surface area contributed by atoms with Gasteiger partial charge in [-0.1, -0.05) is 0 Å². The van der Waals surface area contributed by atoms with Crippen molar-refractivity contribution in [1.29, 1.82) is 0 Å². The number of phenolic OH excluding ortho intramolecular Hbond substituents is 1. The molecule has 0 unspecified atom stereocenters. The second-order valence-electron chi connectivity index (χ2n) is 5.46. The van der Waals surface area contributed by atoms with Gasteiger partial charge >= 0.3 is 5.97 Å². The van der Waals surface area contributed by atoms with E-state index in [-0.39, 0.29) is 28.9 Å². The molecule has 136 valence electrons. The summed E-state index contributed by atoms with van der Waals surface area (Å²) in [6.45, 7) is 1.60. The summed E-state index contributed by atoms with van der Waals surface area (Å²) in [6.07, 6.45) is -1.98.